The number of ether oxygens (including phenoxy) is 2. The maximum Gasteiger partial charge on any atom is 0.339 e. The van der Waals surface area contributed by atoms with Gasteiger partial charge in [-0.1, -0.05) is 24.3 Å². The summed E-state index contributed by atoms with van der Waals surface area (Å²) in [4.78, 5) is 25.0. The number of carbonyl (C=O) groups excluding carboxylic acids is 2. The van der Waals surface area contributed by atoms with E-state index in [0.29, 0.717) is 0 Å². The Morgan fingerprint density at radius 2 is 1.96 bits per heavy atom. The van der Waals surface area contributed by atoms with Crippen LogP contribution in [0.4, 0.5) is 0 Å². The summed E-state index contributed by atoms with van der Waals surface area (Å²) in [7, 11) is 1.46. The van der Waals surface area contributed by atoms with E-state index in [0.717, 1.165) is 0 Å². The normalized spacial score (nSPS) is 28.4. The van der Waals surface area contributed by atoms with E-state index in [1.54, 1.807) is 12.1 Å². The number of Topliss-reactive ketones (excluding diaryl/α,β-unsaturated/α-hetero) is 1. The molecular formula is C16H17NO6. The Kier molecular flexibility index (Phi) is 3.51. The average molecular weight is 319 g/mol. The minimum atomic E-state index is -2.41. The van der Waals surface area contributed by atoms with E-state index in [9.17, 15) is 19.8 Å². The fraction of sp³-hybridized carbons (Fsp3) is 0.375. The van der Waals surface area contributed by atoms with Crippen molar-refractivity contribution in [1.82, 2.24) is 5.32 Å². The van der Waals surface area contributed by atoms with Gasteiger partial charge in [0.2, 0.25) is 17.1 Å². The largest absolute Gasteiger partial charge is 0.460 e. The Labute approximate surface area is 132 Å². The van der Waals surface area contributed by atoms with Gasteiger partial charge in [0, 0.05) is 23.9 Å². The number of carbonyl (C=O) groups is 2. The molecule has 1 aromatic carbocycles. The highest BCUT2D eigenvalue weighted by Crippen LogP contribution is 2.51. The molecule has 0 bridgehead atoms. The molecule has 0 fully saturated rings. The molecule has 0 aromatic heterocycles. The number of hydrogen-bond acceptors (Lipinski definition) is 7. The van der Waals surface area contributed by atoms with Crippen LogP contribution in [0.25, 0.3) is 0 Å². The topological polar surface area (TPSA) is 105 Å². The van der Waals surface area contributed by atoms with Gasteiger partial charge in [0.15, 0.2) is 0 Å². The second-order valence-corrected chi connectivity index (χ2v) is 5.55. The van der Waals surface area contributed by atoms with Gasteiger partial charge in [0.1, 0.15) is 12.2 Å². The van der Waals surface area contributed by atoms with Crippen LogP contribution < -0.4 is 5.32 Å². The second kappa shape index (κ2) is 5.16. The van der Waals surface area contributed by atoms with Gasteiger partial charge in [-0.15, -0.1) is 0 Å². The highest BCUT2D eigenvalue weighted by molar-refractivity contribution is 6.16. The Bertz CT molecular complexity index is 727. The first-order valence-corrected chi connectivity index (χ1v) is 7.12. The van der Waals surface area contributed by atoms with Gasteiger partial charge >= 0.3 is 5.97 Å². The average Bonchev–Trinajstić information content (AvgIpc) is 2.83. The molecule has 2 atom stereocenters. The van der Waals surface area contributed by atoms with Crippen LogP contribution in [0.15, 0.2) is 35.5 Å². The summed E-state index contributed by atoms with van der Waals surface area (Å²) in [6.45, 7) is 1.65. The number of fused-ring (bicyclic) bond motifs is 3. The molecule has 0 unspecified atom stereocenters. The molecule has 7 heteroatoms. The molecule has 0 amide bonds. The number of esters is 1. The van der Waals surface area contributed by atoms with Gasteiger partial charge in [-0.2, -0.15) is 0 Å². The summed E-state index contributed by atoms with van der Waals surface area (Å²) < 4.78 is 9.81. The smallest absolute Gasteiger partial charge is 0.339 e. The molecule has 2 aliphatic rings. The van der Waals surface area contributed by atoms with E-state index in [1.807, 2.05) is 0 Å². The predicted octanol–water partition coefficient (Wildman–Crippen LogP) is -0.174. The van der Waals surface area contributed by atoms with E-state index < -0.39 is 23.1 Å². The molecule has 0 radical (unpaired) electrons. The maximum absolute atomic E-state index is 12.7. The molecule has 0 saturated carbocycles. The molecule has 1 aliphatic carbocycles. The lowest BCUT2D eigenvalue weighted by atomic mass is 9.85. The highest BCUT2D eigenvalue weighted by atomic mass is 16.6. The molecule has 122 valence electrons. The first-order chi connectivity index (χ1) is 10.9. The van der Waals surface area contributed by atoms with Crippen LogP contribution in [0.1, 0.15) is 22.8 Å². The lowest BCUT2D eigenvalue weighted by Crippen LogP contribution is -2.56. The number of allylic oxidation sites excluding steroid dienone is 1. The second-order valence-electron chi connectivity index (χ2n) is 5.55. The van der Waals surface area contributed by atoms with E-state index in [1.165, 1.54) is 26.2 Å². The van der Waals surface area contributed by atoms with Gasteiger partial charge in [0.05, 0.1) is 6.61 Å². The molecule has 3 N–H and O–H groups in total. The first kappa shape index (κ1) is 15.7. The Balaban J connectivity index is 2.04. The monoisotopic (exact) mass is 319 g/mol. The van der Waals surface area contributed by atoms with E-state index in [2.05, 4.69) is 5.32 Å². The number of benzene rings is 1. The molecule has 1 heterocycles. The summed E-state index contributed by atoms with van der Waals surface area (Å²) in [5.41, 5.74) is -4.19. The van der Waals surface area contributed by atoms with Gasteiger partial charge in [-0.3, -0.25) is 4.79 Å². The number of hydrogen-bond donors (Lipinski definition) is 3. The van der Waals surface area contributed by atoms with Crippen LogP contribution in [-0.2, 0) is 20.0 Å². The van der Waals surface area contributed by atoms with Crippen LogP contribution >= 0.6 is 0 Å². The minimum Gasteiger partial charge on any atom is -0.460 e. The van der Waals surface area contributed by atoms with E-state index in [4.69, 9.17) is 9.47 Å². The van der Waals surface area contributed by atoms with Crippen molar-refractivity contribution in [3.05, 3.63) is 46.7 Å². The van der Waals surface area contributed by atoms with Crippen molar-refractivity contribution in [3.8, 4) is 0 Å². The van der Waals surface area contributed by atoms with Crippen LogP contribution in [0.3, 0.4) is 0 Å². The molecule has 0 spiro atoms. The van der Waals surface area contributed by atoms with Crippen molar-refractivity contribution in [3.63, 3.8) is 0 Å². The number of nitrogens with one attached hydrogen (secondary N) is 1. The van der Waals surface area contributed by atoms with Gasteiger partial charge in [-0.05, 0) is 6.92 Å². The molecule has 1 aliphatic heterocycles. The predicted molar refractivity (Wildman–Crippen MR) is 78.3 cm³/mol. The summed E-state index contributed by atoms with van der Waals surface area (Å²) in [6, 6.07) is 6.29. The van der Waals surface area contributed by atoms with Gasteiger partial charge in [-0.25, -0.2) is 4.79 Å². The fourth-order valence-corrected chi connectivity index (χ4v) is 3.20. The van der Waals surface area contributed by atoms with Crippen molar-refractivity contribution in [2.45, 2.75) is 18.2 Å². The van der Waals surface area contributed by atoms with Crippen LogP contribution in [0.5, 0.6) is 0 Å². The third-order valence-electron chi connectivity index (χ3n) is 4.24. The summed E-state index contributed by atoms with van der Waals surface area (Å²) in [5.74, 6) is -1.61. The zero-order valence-electron chi connectivity index (χ0n) is 12.8. The van der Waals surface area contributed by atoms with Crippen molar-refractivity contribution in [2.24, 2.45) is 0 Å². The fourth-order valence-electron chi connectivity index (χ4n) is 3.20. The summed E-state index contributed by atoms with van der Waals surface area (Å²) in [5, 5.41) is 24.6. The third-order valence-corrected chi connectivity index (χ3v) is 4.24. The number of ketones is 1. The van der Waals surface area contributed by atoms with E-state index >= 15 is 0 Å². The van der Waals surface area contributed by atoms with Gasteiger partial charge in [0.25, 0.3) is 0 Å². The molecule has 3 rings (SSSR count). The zero-order valence-corrected chi connectivity index (χ0v) is 12.8. The molecule has 1 aromatic rings. The quantitative estimate of drug-likeness (QED) is 0.522. The number of methoxy groups -OCH3 is 1. The third kappa shape index (κ3) is 1.87. The lowest BCUT2D eigenvalue weighted by Gasteiger charge is -2.31. The first-order valence-electron chi connectivity index (χ1n) is 7.12. The molecule has 7 nitrogen and oxygen atoms in total. The lowest BCUT2D eigenvalue weighted by molar-refractivity contribution is -0.148. The standard InChI is InChI=1S/C16H17NO6/c1-9-12(14(19)23-8-7-22-2)15(20)13(18)10-5-3-4-6-11(10)16(15,21)17-9/h3-6,17,20-21H,7-8H2,1-2H3/t15-,16+/m1/s1. The molecule has 0 saturated heterocycles. The van der Waals surface area contributed by atoms with Crippen LogP contribution in [0.2, 0.25) is 0 Å². The Morgan fingerprint density at radius 1 is 1.26 bits per heavy atom. The van der Waals surface area contributed by atoms with Gasteiger partial charge < -0.3 is 25.0 Å². The van der Waals surface area contributed by atoms with E-state index in [-0.39, 0.29) is 35.6 Å². The SMILES string of the molecule is COCCOC(=O)C1=C(C)N[C@]2(O)c3ccccc3C(=O)[C@]12O. The van der Waals surface area contributed by atoms with Crippen molar-refractivity contribution in [2.75, 3.05) is 20.3 Å². The minimum absolute atomic E-state index is 0.0260. The van der Waals surface area contributed by atoms with Crippen molar-refractivity contribution < 1.29 is 29.3 Å². The molecule has 23 heavy (non-hydrogen) atoms. The molecular weight excluding hydrogens is 302 g/mol. The number of aliphatic hydroxyl groups is 2. The summed E-state index contributed by atoms with van der Waals surface area (Å²) in [6.07, 6.45) is 0. The Morgan fingerprint density at radius 3 is 2.65 bits per heavy atom. The Hall–Kier alpha value is -2.22. The number of rotatable bonds is 4. The van der Waals surface area contributed by atoms with Crippen molar-refractivity contribution in [1.29, 1.82) is 0 Å². The highest BCUT2D eigenvalue weighted by Gasteiger charge is 2.70. The van der Waals surface area contributed by atoms with Crippen molar-refractivity contribution >= 4 is 11.8 Å². The maximum atomic E-state index is 12.7. The van der Waals surface area contributed by atoms with Crippen LogP contribution in [0, 0.1) is 0 Å². The zero-order chi connectivity index (χ0) is 16.8. The summed E-state index contributed by atoms with van der Waals surface area (Å²) >= 11 is 0. The van der Waals surface area contributed by atoms with Crippen LogP contribution in [-0.4, -0.2) is 47.9 Å².